The van der Waals surface area contributed by atoms with Gasteiger partial charge >= 0.3 is 0 Å². The first-order chi connectivity index (χ1) is 13.6. The van der Waals surface area contributed by atoms with Gasteiger partial charge in [0.15, 0.2) is 0 Å². The normalized spacial score (nSPS) is 12.4. The molecule has 0 spiro atoms. The van der Waals surface area contributed by atoms with Crippen LogP contribution in [0, 0.1) is 0 Å². The van der Waals surface area contributed by atoms with E-state index in [1.807, 2.05) is 56.3 Å². The summed E-state index contributed by atoms with van der Waals surface area (Å²) >= 11 is 0. The number of carbonyl (C=O) groups is 1. The van der Waals surface area contributed by atoms with Gasteiger partial charge in [-0.05, 0) is 30.2 Å². The maximum Gasteiger partial charge on any atom is 0.293 e. The molecule has 2 aromatic carbocycles. The van der Waals surface area contributed by atoms with E-state index in [4.69, 9.17) is 0 Å². The Morgan fingerprint density at radius 1 is 1.18 bits per heavy atom. The van der Waals surface area contributed by atoms with Crippen molar-refractivity contribution in [2.24, 2.45) is 0 Å². The maximum atomic E-state index is 12.8. The fourth-order valence-electron chi connectivity index (χ4n) is 3.19. The van der Waals surface area contributed by atoms with E-state index in [2.05, 4.69) is 15.5 Å². The first-order valence-corrected chi connectivity index (χ1v) is 9.30. The smallest absolute Gasteiger partial charge is 0.293 e. The molecular weight excluding hydrogens is 354 g/mol. The van der Waals surface area contributed by atoms with Crippen molar-refractivity contribution < 1.29 is 4.79 Å². The Labute approximate surface area is 161 Å². The molecule has 1 amide bonds. The Hall–Kier alpha value is -3.48. The summed E-state index contributed by atoms with van der Waals surface area (Å²) < 4.78 is 2.63. The highest BCUT2D eigenvalue weighted by Crippen LogP contribution is 2.27. The Bertz CT molecular complexity index is 1220. The van der Waals surface area contributed by atoms with Gasteiger partial charge in [0.2, 0.25) is 5.91 Å². The predicted octanol–water partition coefficient (Wildman–Crippen LogP) is 2.63. The molecule has 7 heteroatoms. The zero-order chi connectivity index (χ0) is 19.7. The number of hydrogen-bond acceptors (Lipinski definition) is 4. The van der Waals surface area contributed by atoms with E-state index >= 15 is 0 Å². The van der Waals surface area contributed by atoms with Crippen LogP contribution in [-0.2, 0) is 11.3 Å². The molecule has 4 aromatic rings. The minimum Gasteiger partial charge on any atom is -0.352 e. The Kier molecular flexibility index (Phi) is 4.65. The molecule has 28 heavy (non-hydrogen) atoms. The molecule has 0 saturated carbocycles. The number of amides is 1. The van der Waals surface area contributed by atoms with Crippen LogP contribution < -0.4 is 10.9 Å². The molecule has 0 bridgehead atoms. The van der Waals surface area contributed by atoms with Crippen LogP contribution in [0.25, 0.3) is 27.5 Å². The third-order valence-electron chi connectivity index (χ3n) is 4.87. The first kappa shape index (κ1) is 17.9. The van der Waals surface area contributed by atoms with E-state index < -0.39 is 0 Å². The topological polar surface area (TPSA) is 81.3 Å². The summed E-state index contributed by atoms with van der Waals surface area (Å²) in [4.78, 5) is 24.9. The van der Waals surface area contributed by atoms with Crippen molar-refractivity contribution in [3.05, 3.63) is 65.2 Å². The average Bonchev–Trinajstić information content (AvgIpc) is 3.14. The lowest BCUT2D eigenvalue weighted by Crippen LogP contribution is -2.38. The SMILES string of the molecule is CCC(C)NC(=O)Cn1ncn2nc(-c3cccc4ccccc34)cc2c1=O. The molecule has 142 valence electrons. The van der Waals surface area contributed by atoms with E-state index in [-0.39, 0.29) is 24.1 Å². The van der Waals surface area contributed by atoms with Gasteiger partial charge in [-0.2, -0.15) is 10.2 Å². The Morgan fingerprint density at radius 3 is 2.79 bits per heavy atom. The zero-order valence-electron chi connectivity index (χ0n) is 15.8. The van der Waals surface area contributed by atoms with Crippen molar-refractivity contribution in [1.29, 1.82) is 0 Å². The molecule has 2 aromatic heterocycles. The summed E-state index contributed by atoms with van der Waals surface area (Å²) in [6.07, 6.45) is 2.28. The zero-order valence-corrected chi connectivity index (χ0v) is 15.8. The van der Waals surface area contributed by atoms with Crippen LogP contribution in [0.2, 0.25) is 0 Å². The summed E-state index contributed by atoms with van der Waals surface area (Å²) in [5, 5.41) is 13.6. The number of aromatic nitrogens is 4. The first-order valence-electron chi connectivity index (χ1n) is 9.30. The molecule has 0 aliphatic carbocycles. The molecule has 1 atom stereocenters. The molecule has 0 aliphatic rings. The van der Waals surface area contributed by atoms with E-state index in [0.717, 1.165) is 22.8 Å². The molecular formula is C21H21N5O2. The fourth-order valence-corrected chi connectivity index (χ4v) is 3.19. The van der Waals surface area contributed by atoms with Gasteiger partial charge in [0, 0.05) is 11.6 Å². The van der Waals surface area contributed by atoms with Gasteiger partial charge in [-0.25, -0.2) is 9.20 Å². The number of nitrogens with one attached hydrogen (secondary N) is 1. The number of nitrogens with zero attached hydrogens (tertiary/aromatic N) is 4. The molecule has 1 unspecified atom stereocenters. The van der Waals surface area contributed by atoms with Crippen molar-refractivity contribution in [2.45, 2.75) is 32.9 Å². The molecule has 0 saturated heterocycles. The minimum atomic E-state index is -0.346. The molecule has 0 aliphatic heterocycles. The van der Waals surface area contributed by atoms with E-state index in [0.29, 0.717) is 11.2 Å². The van der Waals surface area contributed by atoms with Crippen LogP contribution in [0.3, 0.4) is 0 Å². The van der Waals surface area contributed by atoms with Crippen molar-refractivity contribution in [2.75, 3.05) is 0 Å². The average molecular weight is 375 g/mol. The highest BCUT2D eigenvalue weighted by molar-refractivity contribution is 5.96. The molecule has 2 heterocycles. The summed E-state index contributed by atoms with van der Waals surface area (Å²) in [5.41, 5.74) is 1.68. The van der Waals surface area contributed by atoms with Gasteiger partial charge in [0.1, 0.15) is 18.4 Å². The quantitative estimate of drug-likeness (QED) is 0.581. The number of hydrogen-bond donors (Lipinski definition) is 1. The van der Waals surface area contributed by atoms with Crippen molar-refractivity contribution in [3.63, 3.8) is 0 Å². The third kappa shape index (κ3) is 3.26. The Balaban J connectivity index is 1.73. The highest BCUT2D eigenvalue weighted by atomic mass is 16.2. The second-order valence-corrected chi connectivity index (χ2v) is 6.86. The van der Waals surface area contributed by atoms with Gasteiger partial charge in [0.25, 0.3) is 5.56 Å². The largest absolute Gasteiger partial charge is 0.352 e. The fraction of sp³-hybridized carbons (Fsp3) is 0.238. The van der Waals surface area contributed by atoms with E-state index in [1.165, 1.54) is 15.5 Å². The van der Waals surface area contributed by atoms with Crippen molar-refractivity contribution in [1.82, 2.24) is 24.7 Å². The number of carbonyl (C=O) groups excluding carboxylic acids is 1. The molecule has 0 radical (unpaired) electrons. The lowest BCUT2D eigenvalue weighted by Gasteiger charge is -2.11. The highest BCUT2D eigenvalue weighted by Gasteiger charge is 2.14. The summed E-state index contributed by atoms with van der Waals surface area (Å²) in [6.45, 7) is 3.79. The van der Waals surface area contributed by atoms with Gasteiger partial charge in [0.05, 0.1) is 5.69 Å². The molecule has 4 rings (SSSR count). The van der Waals surface area contributed by atoms with Gasteiger partial charge in [-0.1, -0.05) is 49.4 Å². The van der Waals surface area contributed by atoms with Gasteiger partial charge in [-0.3, -0.25) is 9.59 Å². The maximum absolute atomic E-state index is 12.8. The second-order valence-electron chi connectivity index (χ2n) is 6.86. The molecule has 7 nitrogen and oxygen atoms in total. The van der Waals surface area contributed by atoms with E-state index in [9.17, 15) is 9.59 Å². The minimum absolute atomic E-state index is 0.0554. The van der Waals surface area contributed by atoms with Crippen LogP contribution in [0.15, 0.2) is 59.7 Å². The Morgan fingerprint density at radius 2 is 1.96 bits per heavy atom. The van der Waals surface area contributed by atoms with Gasteiger partial charge in [-0.15, -0.1) is 0 Å². The predicted molar refractivity (Wildman–Crippen MR) is 108 cm³/mol. The lowest BCUT2D eigenvalue weighted by molar-refractivity contribution is -0.122. The molecule has 0 fully saturated rings. The van der Waals surface area contributed by atoms with Crippen LogP contribution in [0.1, 0.15) is 20.3 Å². The van der Waals surface area contributed by atoms with E-state index in [1.54, 1.807) is 6.07 Å². The van der Waals surface area contributed by atoms with Gasteiger partial charge < -0.3 is 5.32 Å². The second kappa shape index (κ2) is 7.26. The molecule has 1 N–H and O–H groups in total. The number of fused-ring (bicyclic) bond motifs is 2. The third-order valence-corrected chi connectivity index (χ3v) is 4.87. The van der Waals surface area contributed by atoms with Crippen molar-refractivity contribution in [3.8, 4) is 11.3 Å². The van der Waals surface area contributed by atoms with Crippen LogP contribution in [0.4, 0.5) is 0 Å². The number of rotatable bonds is 5. The van der Waals surface area contributed by atoms with Crippen LogP contribution in [-0.4, -0.2) is 31.3 Å². The lowest BCUT2D eigenvalue weighted by atomic mass is 10.0. The van der Waals surface area contributed by atoms with Crippen molar-refractivity contribution >= 4 is 22.2 Å². The van der Waals surface area contributed by atoms with Crippen LogP contribution >= 0.6 is 0 Å². The standard InChI is InChI=1S/C21H21N5O2/c1-3-14(2)23-20(27)12-25-21(28)19-11-18(24-26(19)13-22-25)17-10-6-8-15-7-4-5-9-16(15)17/h4-11,13-14H,3,12H2,1-2H3,(H,23,27). The summed E-state index contributed by atoms with van der Waals surface area (Å²) in [5.74, 6) is -0.234. The summed E-state index contributed by atoms with van der Waals surface area (Å²) in [6, 6.07) is 15.8. The number of benzene rings is 2. The van der Waals surface area contributed by atoms with Crippen LogP contribution in [0.5, 0.6) is 0 Å². The monoisotopic (exact) mass is 375 g/mol. The summed E-state index contributed by atoms with van der Waals surface area (Å²) in [7, 11) is 0.